The molecular weight excluding hydrogens is 338 g/mol. The molecule has 1 unspecified atom stereocenters. The lowest BCUT2D eigenvalue weighted by Gasteiger charge is -2.35. The summed E-state index contributed by atoms with van der Waals surface area (Å²) in [6, 6.07) is 7.13. The largest absolute Gasteiger partial charge is 0.497 e. The van der Waals surface area contributed by atoms with Crippen molar-refractivity contribution in [2.45, 2.75) is 51.5 Å². The highest BCUT2D eigenvalue weighted by Gasteiger charge is 2.24. The maximum absolute atomic E-state index is 12.2. The van der Waals surface area contributed by atoms with Crippen molar-refractivity contribution < 1.29 is 9.53 Å². The molecule has 0 spiro atoms. The van der Waals surface area contributed by atoms with Gasteiger partial charge in [0.2, 0.25) is 5.91 Å². The Kier molecular flexibility index (Phi) is 7.53. The van der Waals surface area contributed by atoms with Crippen LogP contribution in [0, 0.1) is 0 Å². The first-order valence-electron chi connectivity index (χ1n) is 10.6. The number of nitrogens with zero attached hydrogens (tertiary/aromatic N) is 2. The van der Waals surface area contributed by atoms with E-state index >= 15 is 0 Å². The first kappa shape index (κ1) is 20.2. The van der Waals surface area contributed by atoms with Crippen LogP contribution in [0.3, 0.4) is 0 Å². The van der Waals surface area contributed by atoms with Crippen molar-refractivity contribution in [3.8, 4) is 5.75 Å². The van der Waals surface area contributed by atoms with Crippen LogP contribution in [0.2, 0.25) is 0 Å². The van der Waals surface area contributed by atoms with Gasteiger partial charge in [0, 0.05) is 25.7 Å². The van der Waals surface area contributed by atoms with Crippen LogP contribution in [0.25, 0.3) is 0 Å². The molecule has 5 heteroatoms. The summed E-state index contributed by atoms with van der Waals surface area (Å²) in [5, 5.41) is 3.21. The zero-order valence-electron chi connectivity index (χ0n) is 17.0. The van der Waals surface area contributed by atoms with Crippen LogP contribution >= 0.6 is 0 Å². The summed E-state index contributed by atoms with van der Waals surface area (Å²) in [5.41, 5.74) is 2.92. The van der Waals surface area contributed by atoms with E-state index in [2.05, 4.69) is 35.3 Å². The Morgan fingerprint density at radius 3 is 3.00 bits per heavy atom. The van der Waals surface area contributed by atoms with Gasteiger partial charge in [-0.15, -0.1) is 0 Å². The number of methoxy groups -OCH3 is 1. The second-order valence-electron chi connectivity index (χ2n) is 7.83. The second kappa shape index (κ2) is 10.1. The topological polar surface area (TPSA) is 44.8 Å². The Hall–Kier alpha value is -1.59. The average Bonchev–Trinajstić information content (AvgIpc) is 2.90. The predicted octanol–water partition coefficient (Wildman–Crippen LogP) is 2.48. The molecule has 3 rings (SSSR count). The maximum Gasteiger partial charge on any atom is 0.236 e. The van der Waals surface area contributed by atoms with Gasteiger partial charge in [0.15, 0.2) is 0 Å². The van der Waals surface area contributed by atoms with Gasteiger partial charge in [-0.1, -0.05) is 13.0 Å². The molecule has 5 nitrogen and oxygen atoms in total. The van der Waals surface area contributed by atoms with Crippen molar-refractivity contribution in [1.29, 1.82) is 0 Å². The minimum Gasteiger partial charge on any atom is -0.497 e. The van der Waals surface area contributed by atoms with Gasteiger partial charge in [0.25, 0.3) is 0 Å². The number of ether oxygens (including phenoxy) is 1. The first-order chi connectivity index (χ1) is 13.2. The Morgan fingerprint density at radius 1 is 1.30 bits per heavy atom. The summed E-state index contributed by atoms with van der Waals surface area (Å²) in [6.07, 6.45) is 6.79. The normalized spacial score (nSPS) is 20.5. The van der Waals surface area contributed by atoms with Gasteiger partial charge in [-0.3, -0.25) is 9.69 Å². The van der Waals surface area contributed by atoms with E-state index in [1.165, 1.54) is 24.0 Å². The van der Waals surface area contributed by atoms with Crippen LogP contribution in [0.5, 0.6) is 5.75 Å². The van der Waals surface area contributed by atoms with Gasteiger partial charge in [-0.2, -0.15) is 0 Å². The number of benzene rings is 1. The molecule has 1 N–H and O–H groups in total. The molecule has 0 bridgehead atoms. The molecule has 1 aromatic carbocycles. The third kappa shape index (κ3) is 5.45. The van der Waals surface area contributed by atoms with E-state index in [9.17, 15) is 4.79 Å². The quantitative estimate of drug-likeness (QED) is 0.760. The van der Waals surface area contributed by atoms with E-state index in [1.807, 2.05) is 4.90 Å². The minimum atomic E-state index is 0.258. The summed E-state index contributed by atoms with van der Waals surface area (Å²) < 4.78 is 5.42. The molecule has 1 aliphatic carbocycles. The third-order valence-electron chi connectivity index (χ3n) is 5.93. The fourth-order valence-corrected chi connectivity index (χ4v) is 4.44. The summed E-state index contributed by atoms with van der Waals surface area (Å²) >= 11 is 0. The van der Waals surface area contributed by atoms with E-state index in [-0.39, 0.29) is 5.91 Å². The summed E-state index contributed by atoms with van der Waals surface area (Å²) in [6.45, 7) is 7.72. The standard InChI is InChI=1S/C22H35N3O2/c1-3-11-24(13-5-14-25-12-4-10-23-17-22(25)26)20-8-6-18-7-9-21(27-2)16-19(18)15-20/h7,9,16,20,23H,3-6,8,10-15,17H2,1-2H3. The van der Waals surface area contributed by atoms with Gasteiger partial charge in [-0.05, 0) is 74.9 Å². The average molecular weight is 374 g/mol. The number of fused-ring (bicyclic) bond motifs is 1. The second-order valence-corrected chi connectivity index (χ2v) is 7.83. The van der Waals surface area contributed by atoms with Crippen molar-refractivity contribution in [1.82, 2.24) is 15.1 Å². The summed E-state index contributed by atoms with van der Waals surface area (Å²) in [5.74, 6) is 1.22. The number of nitrogens with one attached hydrogen (secondary N) is 1. The Labute approximate surface area is 164 Å². The van der Waals surface area contributed by atoms with Crippen LogP contribution in [-0.4, -0.2) is 68.1 Å². The number of hydrogen-bond donors (Lipinski definition) is 1. The summed E-state index contributed by atoms with van der Waals surface area (Å²) in [7, 11) is 1.74. The van der Waals surface area contributed by atoms with Crippen molar-refractivity contribution >= 4 is 5.91 Å². The van der Waals surface area contributed by atoms with Crippen molar-refractivity contribution in [2.24, 2.45) is 0 Å². The van der Waals surface area contributed by atoms with Crippen molar-refractivity contribution in [3.63, 3.8) is 0 Å². The van der Waals surface area contributed by atoms with Crippen LogP contribution < -0.4 is 10.1 Å². The van der Waals surface area contributed by atoms with E-state index in [4.69, 9.17) is 4.74 Å². The predicted molar refractivity (Wildman–Crippen MR) is 109 cm³/mol. The number of carbonyl (C=O) groups is 1. The van der Waals surface area contributed by atoms with Crippen LogP contribution in [0.1, 0.15) is 43.7 Å². The highest BCUT2D eigenvalue weighted by molar-refractivity contribution is 5.78. The molecule has 1 atom stereocenters. The van der Waals surface area contributed by atoms with E-state index in [1.54, 1.807) is 7.11 Å². The van der Waals surface area contributed by atoms with E-state index in [0.29, 0.717) is 12.6 Å². The van der Waals surface area contributed by atoms with Crippen molar-refractivity contribution in [2.75, 3.05) is 46.4 Å². The minimum absolute atomic E-state index is 0.258. The smallest absolute Gasteiger partial charge is 0.236 e. The van der Waals surface area contributed by atoms with E-state index in [0.717, 1.165) is 64.2 Å². The molecule has 0 saturated carbocycles. The number of amides is 1. The van der Waals surface area contributed by atoms with Crippen LogP contribution in [0.4, 0.5) is 0 Å². The zero-order valence-corrected chi connectivity index (χ0v) is 17.0. The molecule has 0 aromatic heterocycles. The molecule has 1 saturated heterocycles. The molecule has 1 amide bonds. The van der Waals surface area contributed by atoms with Gasteiger partial charge in [-0.25, -0.2) is 0 Å². The highest BCUT2D eigenvalue weighted by Crippen LogP contribution is 2.28. The van der Waals surface area contributed by atoms with E-state index < -0.39 is 0 Å². The fraction of sp³-hybridized carbons (Fsp3) is 0.682. The Bertz CT molecular complexity index is 620. The number of carbonyl (C=O) groups excluding carboxylic acids is 1. The maximum atomic E-state index is 12.2. The van der Waals surface area contributed by atoms with Crippen LogP contribution in [0.15, 0.2) is 18.2 Å². The molecule has 1 aliphatic heterocycles. The Balaban J connectivity index is 1.56. The number of aryl methyl sites for hydroxylation is 1. The first-order valence-corrected chi connectivity index (χ1v) is 10.6. The lowest BCUT2D eigenvalue weighted by atomic mass is 9.87. The Morgan fingerprint density at radius 2 is 2.19 bits per heavy atom. The molecule has 27 heavy (non-hydrogen) atoms. The van der Waals surface area contributed by atoms with Crippen LogP contribution in [-0.2, 0) is 17.6 Å². The molecule has 1 fully saturated rings. The molecule has 1 aromatic rings. The SMILES string of the molecule is CCCN(CCCN1CCCNCC1=O)C1CCc2ccc(OC)cc2C1. The summed E-state index contributed by atoms with van der Waals surface area (Å²) in [4.78, 5) is 16.9. The van der Waals surface area contributed by atoms with Gasteiger partial charge in [0.05, 0.1) is 13.7 Å². The highest BCUT2D eigenvalue weighted by atomic mass is 16.5. The molecule has 1 heterocycles. The molecular formula is C22H35N3O2. The fourth-order valence-electron chi connectivity index (χ4n) is 4.44. The monoisotopic (exact) mass is 373 g/mol. The molecule has 150 valence electrons. The number of hydrogen-bond acceptors (Lipinski definition) is 4. The molecule has 2 aliphatic rings. The zero-order chi connectivity index (χ0) is 19.1. The number of rotatable bonds is 8. The lowest BCUT2D eigenvalue weighted by Crippen LogP contribution is -2.42. The lowest BCUT2D eigenvalue weighted by molar-refractivity contribution is -0.129. The van der Waals surface area contributed by atoms with Gasteiger partial charge in [0.1, 0.15) is 5.75 Å². The van der Waals surface area contributed by atoms with Gasteiger partial charge >= 0.3 is 0 Å². The van der Waals surface area contributed by atoms with Gasteiger partial charge < -0.3 is 15.0 Å². The third-order valence-corrected chi connectivity index (χ3v) is 5.93. The van der Waals surface area contributed by atoms with Crippen molar-refractivity contribution in [3.05, 3.63) is 29.3 Å². The molecule has 0 radical (unpaired) electrons.